The van der Waals surface area contributed by atoms with Crippen LogP contribution in [0.4, 0.5) is 0 Å². The van der Waals surface area contributed by atoms with Crippen LogP contribution in [0.15, 0.2) is 18.5 Å². The summed E-state index contributed by atoms with van der Waals surface area (Å²) in [6, 6.07) is 2.20. The maximum absolute atomic E-state index is 2.53. The van der Waals surface area contributed by atoms with E-state index in [9.17, 15) is 0 Å². The molecule has 2 heteroatoms. The summed E-state index contributed by atoms with van der Waals surface area (Å²) in [6.45, 7) is 11.3. The molecule has 1 heterocycles. The van der Waals surface area contributed by atoms with Crippen LogP contribution in [0.1, 0.15) is 39.7 Å². The van der Waals surface area contributed by atoms with Crippen molar-refractivity contribution in [2.45, 2.75) is 46.2 Å². The lowest BCUT2D eigenvalue weighted by Gasteiger charge is -2.35. The monoisotopic (exact) mass is 208 g/mol. The highest BCUT2D eigenvalue weighted by Gasteiger charge is 2.20. The zero-order valence-corrected chi connectivity index (χ0v) is 10.7. The van der Waals surface area contributed by atoms with Gasteiger partial charge in [0.2, 0.25) is 0 Å². The van der Waals surface area contributed by atoms with Gasteiger partial charge in [0.05, 0.1) is 0 Å². The molecule has 1 aromatic rings. The topological polar surface area (TPSA) is 8.17 Å². The minimum Gasteiger partial charge on any atom is -0.357 e. The highest BCUT2D eigenvalue weighted by Crippen LogP contribution is 2.17. The number of nitrogens with zero attached hydrogens (tertiary/aromatic N) is 2. The Morgan fingerprint density at radius 1 is 1.33 bits per heavy atom. The third-order valence-electron chi connectivity index (χ3n) is 2.71. The van der Waals surface area contributed by atoms with Gasteiger partial charge in [-0.25, -0.2) is 0 Å². The first kappa shape index (κ1) is 12.3. The van der Waals surface area contributed by atoms with Gasteiger partial charge in [0.1, 0.15) is 0 Å². The lowest BCUT2D eigenvalue weighted by molar-refractivity contribution is 0.128. The molecule has 0 spiro atoms. The summed E-state index contributed by atoms with van der Waals surface area (Å²) in [7, 11) is 2.07. The molecule has 0 saturated carbocycles. The minimum absolute atomic E-state index is 0.256. The molecule has 0 N–H and O–H groups in total. The second-order valence-electron chi connectivity index (χ2n) is 5.28. The van der Waals surface area contributed by atoms with Gasteiger partial charge in [0.15, 0.2) is 0 Å². The van der Waals surface area contributed by atoms with Crippen LogP contribution < -0.4 is 0 Å². The molecule has 0 fully saturated rings. The Bertz CT molecular complexity index is 294. The van der Waals surface area contributed by atoms with Crippen molar-refractivity contribution < 1.29 is 0 Å². The van der Waals surface area contributed by atoms with Crippen LogP contribution in [0.5, 0.6) is 0 Å². The van der Waals surface area contributed by atoms with E-state index in [0.29, 0.717) is 0 Å². The Morgan fingerprint density at radius 2 is 2.00 bits per heavy atom. The van der Waals surface area contributed by atoms with Gasteiger partial charge in [-0.1, -0.05) is 6.92 Å². The molecular weight excluding hydrogens is 184 g/mol. The van der Waals surface area contributed by atoms with Gasteiger partial charge in [-0.05, 0) is 45.4 Å². The van der Waals surface area contributed by atoms with E-state index < -0.39 is 0 Å². The third-order valence-corrected chi connectivity index (χ3v) is 2.71. The Kier molecular flexibility index (Phi) is 3.97. The molecule has 0 aliphatic heterocycles. The van der Waals surface area contributed by atoms with Gasteiger partial charge in [0.25, 0.3) is 0 Å². The fourth-order valence-electron chi connectivity index (χ4n) is 1.80. The highest BCUT2D eigenvalue weighted by atomic mass is 15.2. The molecule has 0 radical (unpaired) electrons. The second kappa shape index (κ2) is 4.84. The molecule has 0 amide bonds. The molecule has 86 valence electrons. The van der Waals surface area contributed by atoms with Crippen LogP contribution in [-0.4, -0.2) is 21.6 Å². The van der Waals surface area contributed by atoms with Gasteiger partial charge < -0.3 is 4.57 Å². The summed E-state index contributed by atoms with van der Waals surface area (Å²) in [5, 5.41) is 0. The van der Waals surface area contributed by atoms with Crippen molar-refractivity contribution in [3.63, 3.8) is 0 Å². The number of hydrogen-bond acceptors (Lipinski definition) is 1. The van der Waals surface area contributed by atoms with Crippen LogP contribution >= 0.6 is 0 Å². The highest BCUT2D eigenvalue weighted by molar-refractivity contribution is 5.10. The van der Waals surface area contributed by atoms with E-state index in [1.165, 1.54) is 18.5 Å². The molecule has 0 bridgehead atoms. The Hall–Kier alpha value is -0.760. The molecule has 0 atom stereocenters. The van der Waals surface area contributed by atoms with Crippen molar-refractivity contribution in [1.29, 1.82) is 0 Å². The van der Waals surface area contributed by atoms with Crippen molar-refractivity contribution in [1.82, 2.24) is 9.47 Å². The lowest BCUT2D eigenvalue weighted by atomic mass is 10.0. The average molecular weight is 208 g/mol. The molecule has 2 nitrogen and oxygen atoms in total. The number of hydrogen-bond donors (Lipinski definition) is 0. The first-order chi connectivity index (χ1) is 6.93. The summed E-state index contributed by atoms with van der Waals surface area (Å²) in [6.07, 6.45) is 5.53. The zero-order chi connectivity index (χ0) is 11.5. The molecule has 1 rings (SSSR count). The van der Waals surface area contributed by atoms with E-state index in [0.717, 1.165) is 6.54 Å². The summed E-state index contributed by atoms with van der Waals surface area (Å²) in [5.74, 6) is 0. The largest absolute Gasteiger partial charge is 0.357 e. The fourth-order valence-corrected chi connectivity index (χ4v) is 1.80. The maximum atomic E-state index is 2.53. The summed E-state index contributed by atoms with van der Waals surface area (Å²) >= 11 is 0. The van der Waals surface area contributed by atoms with Gasteiger partial charge in [-0.2, -0.15) is 0 Å². The van der Waals surface area contributed by atoms with Crippen LogP contribution in [0, 0.1) is 0 Å². The maximum Gasteiger partial charge on any atom is 0.0253 e. The molecule has 0 aliphatic rings. The van der Waals surface area contributed by atoms with E-state index in [-0.39, 0.29) is 5.54 Å². The van der Waals surface area contributed by atoms with Crippen LogP contribution in [-0.2, 0) is 13.6 Å². The molecule has 1 aromatic heterocycles. The van der Waals surface area contributed by atoms with Crippen molar-refractivity contribution in [3.05, 3.63) is 24.0 Å². The predicted molar refractivity (Wildman–Crippen MR) is 65.9 cm³/mol. The second-order valence-corrected chi connectivity index (χ2v) is 5.28. The summed E-state index contributed by atoms with van der Waals surface area (Å²) in [4.78, 5) is 2.53. The van der Waals surface area contributed by atoms with Gasteiger partial charge in [0, 0.05) is 31.5 Å². The van der Waals surface area contributed by atoms with E-state index >= 15 is 0 Å². The smallest absolute Gasteiger partial charge is 0.0253 e. The lowest BCUT2D eigenvalue weighted by Crippen LogP contribution is -2.41. The van der Waals surface area contributed by atoms with Gasteiger partial charge in [-0.15, -0.1) is 0 Å². The van der Waals surface area contributed by atoms with Crippen LogP contribution in [0.3, 0.4) is 0 Å². The van der Waals surface area contributed by atoms with Gasteiger partial charge in [-0.3, -0.25) is 4.90 Å². The average Bonchev–Trinajstić information content (AvgIpc) is 2.49. The molecule has 15 heavy (non-hydrogen) atoms. The Balaban J connectivity index is 2.66. The zero-order valence-electron chi connectivity index (χ0n) is 10.7. The standard InChI is InChI=1S/C13H24N2/c1-6-8-15(13(2,3)4)11-12-7-9-14(5)10-12/h7,9-10H,6,8,11H2,1-5H3. The normalized spacial score (nSPS) is 12.4. The van der Waals surface area contributed by atoms with E-state index in [4.69, 9.17) is 0 Å². The Morgan fingerprint density at radius 3 is 2.40 bits per heavy atom. The number of rotatable bonds is 4. The quantitative estimate of drug-likeness (QED) is 0.738. The Labute approximate surface area is 93.9 Å². The molecule has 0 saturated heterocycles. The molecule has 0 aromatic carbocycles. The first-order valence-electron chi connectivity index (χ1n) is 5.79. The van der Waals surface area contributed by atoms with Crippen molar-refractivity contribution >= 4 is 0 Å². The van der Waals surface area contributed by atoms with Crippen LogP contribution in [0.25, 0.3) is 0 Å². The van der Waals surface area contributed by atoms with E-state index in [1.54, 1.807) is 0 Å². The third kappa shape index (κ3) is 3.71. The van der Waals surface area contributed by atoms with Gasteiger partial charge >= 0.3 is 0 Å². The molecule has 0 unspecified atom stereocenters. The predicted octanol–water partition coefficient (Wildman–Crippen LogP) is 3.04. The SMILES string of the molecule is CCCN(Cc1ccn(C)c1)C(C)(C)C. The van der Waals surface area contributed by atoms with E-state index in [2.05, 4.69) is 62.7 Å². The summed E-state index contributed by atoms with van der Waals surface area (Å²) < 4.78 is 2.11. The van der Waals surface area contributed by atoms with Crippen molar-refractivity contribution in [2.75, 3.05) is 6.54 Å². The number of aryl methyl sites for hydroxylation is 1. The van der Waals surface area contributed by atoms with E-state index in [1.807, 2.05) is 0 Å². The fraction of sp³-hybridized carbons (Fsp3) is 0.692. The van der Waals surface area contributed by atoms with Crippen LogP contribution in [0.2, 0.25) is 0 Å². The summed E-state index contributed by atoms with van der Waals surface area (Å²) in [5.41, 5.74) is 1.66. The first-order valence-corrected chi connectivity index (χ1v) is 5.79. The van der Waals surface area contributed by atoms with Crippen molar-refractivity contribution in [3.8, 4) is 0 Å². The minimum atomic E-state index is 0.256. The van der Waals surface area contributed by atoms with Crippen molar-refractivity contribution in [2.24, 2.45) is 7.05 Å². The number of aromatic nitrogens is 1. The molecular formula is C13H24N2. The molecule has 0 aliphatic carbocycles.